The van der Waals surface area contributed by atoms with Crippen LogP contribution in [0.3, 0.4) is 0 Å². The number of aryl methyl sites for hydroxylation is 2. The lowest BCUT2D eigenvalue weighted by atomic mass is 10.1. The molecule has 2 aromatic rings. The lowest BCUT2D eigenvalue weighted by Crippen LogP contribution is -2.30. The summed E-state index contributed by atoms with van der Waals surface area (Å²) >= 11 is 1.69. The van der Waals surface area contributed by atoms with Crippen molar-refractivity contribution in [2.45, 2.75) is 40.2 Å². The molecule has 20 heavy (non-hydrogen) atoms. The minimum atomic E-state index is 0.181. The minimum Gasteiger partial charge on any atom is -0.361 e. The van der Waals surface area contributed by atoms with E-state index in [9.17, 15) is 4.79 Å². The highest BCUT2D eigenvalue weighted by atomic mass is 32.1. The third-order valence-electron chi connectivity index (χ3n) is 3.43. The van der Waals surface area contributed by atoms with Gasteiger partial charge in [0.15, 0.2) is 0 Å². The van der Waals surface area contributed by atoms with Gasteiger partial charge in [-0.1, -0.05) is 11.2 Å². The van der Waals surface area contributed by atoms with Crippen LogP contribution in [0.1, 0.15) is 35.2 Å². The quantitative estimate of drug-likeness (QED) is 0.820. The van der Waals surface area contributed by atoms with Gasteiger partial charge >= 0.3 is 0 Å². The van der Waals surface area contributed by atoms with Crippen molar-refractivity contribution in [1.82, 2.24) is 10.1 Å². The monoisotopic (exact) mass is 292 g/mol. The Kier molecular flexibility index (Phi) is 4.95. The van der Waals surface area contributed by atoms with Crippen LogP contribution in [0.5, 0.6) is 0 Å². The van der Waals surface area contributed by atoms with Crippen molar-refractivity contribution >= 4 is 17.2 Å². The Balaban J connectivity index is 1.93. The normalized spacial score (nSPS) is 10.8. The van der Waals surface area contributed by atoms with E-state index in [-0.39, 0.29) is 5.91 Å². The molecule has 0 aliphatic heterocycles. The molecule has 0 aromatic carbocycles. The molecule has 0 saturated heterocycles. The minimum absolute atomic E-state index is 0.181. The summed E-state index contributed by atoms with van der Waals surface area (Å²) in [4.78, 5) is 15.4. The molecule has 4 nitrogen and oxygen atoms in total. The van der Waals surface area contributed by atoms with Gasteiger partial charge in [0.05, 0.1) is 12.2 Å². The first kappa shape index (κ1) is 14.8. The van der Waals surface area contributed by atoms with Gasteiger partial charge in [-0.25, -0.2) is 0 Å². The van der Waals surface area contributed by atoms with Gasteiger partial charge in [0.2, 0.25) is 5.91 Å². The van der Waals surface area contributed by atoms with E-state index in [1.807, 2.05) is 37.1 Å². The highest BCUT2D eigenvalue weighted by molar-refractivity contribution is 7.09. The Morgan fingerprint density at radius 2 is 2.25 bits per heavy atom. The van der Waals surface area contributed by atoms with Gasteiger partial charge in [0.25, 0.3) is 0 Å². The van der Waals surface area contributed by atoms with Crippen LogP contribution >= 0.6 is 11.3 Å². The van der Waals surface area contributed by atoms with Crippen molar-refractivity contribution < 1.29 is 9.32 Å². The van der Waals surface area contributed by atoms with E-state index in [1.54, 1.807) is 11.3 Å². The van der Waals surface area contributed by atoms with Gasteiger partial charge in [-0.05, 0) is 38.6 Å². The molecule has 108 valence electrons. The molecule has 0 bridgehead atoms. The molecule has 0 saturated carbocycles. The standard InChI is InChI=1S/C15H20N2O2S/c1-4-17(10-13-6-5-9-20-13)15(18)8-7-14-11(2)16-19-12(14)3/h5-6,9H,4,7-8,10H2,1-3H3. The smallest absolute Gasteiger partial charge is 0.223 e. The molecule has 0 aliphatic carbocycles. The molecule has 0 fully saturated rings. The number of rotatable bonds is 6. The Morgan fingerprint density at radius 3 is 2.80 bits per heavy atom. The molecule has 0 N–H and O–H groups in total. The number of amides is 1. The van der Waals surface area contributed by atoms with Crippen LogP contribution in [0.15, 0.2) is 22.0 Å². The van der Waals surface area contributed by atoms with E-state index < -0.39 is 0 Å². The molecule has 0 unspecified atom stereocenters. The number of nitrogens with zero attached hydrogens (tertiary/aromatic N) is 2. The molecule has 0 spiro atoms. The van der Waals surface area contributed by atoms with Gasteiger partial charge in [0.1, 0.15) is 5.76 Å². The average molecular weight is 292 g/mol. The van der Waals surface area contributed by atoms with Gasteiger partial charge in [-0.15, -0.1) is 11.3 Å². The van der Waals surface area contributed by atoms with E-state index in [2.05, 4.69) is 11.2 Å². The number of carbonyl (C=O) groups is 1. The SMILES string of the molecule is CCN(Cc1cccs1)C(=O)CCc1c(C)noc1C. The maximum atomic E-state index is 12.3. The number of hydrogen-bond donors (Lipinski definition) is 0. The van der Waals surface area contributed by atoms with E-state index in [0.717, 1.165) is 23.6 Å². The predicted octanol–water partition coefficient (Wildman–Crippen LogP) is 3.33. The average Bonchev–Trinajstić information content (AvgIpc) is 3.05. The largest absolute Gasteiger partial charge is 0.361 e. The van der Waals surface area contributed by atoms with Crippen LogP contribution < -0.4 is 0 Å². The second-order valence-corrected chi connectivity index (χ2v) is 5.82. The van der Waals surface area contributed by atoms with Crippen molar-refractivity contribution in [3.05, 3.63) is 39.4 Å². The maximum absolute atomic E-state index is 12.3. The lowest BCUT2D eigenvalue weighted by Gasteiger charge is -2.20. The van der Waals surface area contributed by atoms with Gasteiger partial charge in [0, 0.05) is 23.4 Å². The molecule has 0 radical (unpaired) electrons. The summed E-state index contributed by atoms with van der Waals surface area (Å²) in [5.41, 5.74) is 1.95. The number of carbonyl (C=O) groups excluding carboxylic acids is 1. The van der Waals surface area contributed by atoms with Gasteiger partial charge in [-0.3, -0.25) is 4.79 Å². The number of hydrogen-bond acceptors (Lipinski definition) is 4. The molecule has 5 heteroatoms. The van der Waals surface area contributed by atoms with Gasteiger partial charge in [-0.2, -0.15) is 0 Å². The number of aromatic nitrogens is 1. The fourth-order valence-electron chi connectivity index (χ4n) is 2.22. The summed E-state index contributed by atoms with van der Waals surface area (Å²) in [5, 5.41) is 5.96. The van der Waals surface area contributed by atoms with Crippen LogP contribution in [-0.4, -0.2) is 22.5 Å². The van der Waals surface area contributed by atoms with Crippen LogP contribution in [0, 0.1) is 13.8 Å². The fourth-order valence-corrected chi connectivity index (χ4v) is 2.94. The van der Waals surface area contributed by atoms with Crippen LogP contribution in [-0.2, 0) is 17.8 Å². The fraction of sp³-hybridized carbons (Fsp3) is 0.467. The maximum Gasteiger partial charge on any atom is 0.223 e. The van der Waals surface area contributed by atoms with Gasteiger partial charge < -0.3 is 9.42 Å². The Bertz CT molecular complexity index is 541. The third kappa shape index (κ3) is 3.48. The van der Waals surface area contributed by atoms with Crippen molar-refractivity contribution in [3.8, 4) is 0 Å². The highest BCUT2D eigenvalue weighted by Gasteiger charge is 2.15. The summed E-state index contributed by atoms with van der Waals surface area (Å²) < 4.78 is 5.13. The van der Waals surface area contributed by atoms with E-state index in [1.165, 1.54) is 4.88 Å². The molecule has 2 aromatic heterocycles. The molecule has 2 rings (SSSR count). The molecule has 0 atom stereocenters. The lowest BCUT2D eigenvalue weighted by molar-refractivity contribution is -0.131. The molecule has 0 aliphatic rings. The summed E-state index contributed by atoms with van der Waals surface area (Å²) in [5.74, 6) is 0.998. The zero-order valence-electron chi connectivity index (χ0n) is 12.2. The van der Waals surface area contributed by atoms with E-state index >= 15 is 0 Å². The molecule has 1 amide bonds. The molecule has 2 heterocycles. The predicted molar refractivity (Wildman–Crippen MR) is 79.7 cm³/mol. The van der Waals surface area contributed by atoms with Crippen molar-refractivity contribution in [1.29, 1.82) is 0 Å². The van der Waals surface area contributed by atoms with Crippen molar-refractivity contribution in [3.63, 3.8) is 0 Å². The third-order valence-corrected chi connectivity index (χ3v) is 4.29. The second-order valence-electron chi connectivity index (χ2n) is 4.79. The summed E-state index contributed by atoms with van der Waals surface area (Å²) in [6.45, 7) is 7.26. The highest BCUT2D eigenvalue weighted by Crippen LogP contribution is 2.16. The van der Waals surface area contributed by atoms with Crippen molar-refractivity contribution in [2.24, 2.45) is 0 Å². The summed E-state index contributed by atoms with van der Waals surface area (Å²) in [6.07, 6.45) is 1.20. The second kappa shape index (κ2) is 6.70. The van der Waals surface area contributed by atoms with Crippen LogP contribution in [0.2, 0.25) is 0 Å². The Labute approximate surface area is 123 Å². The van der Waals surface area contributed by atoms with E-state index in [4.69, 9.17) is 4.52 Å². The summed E-state index contributed by atoms with van der Waals surface area (Å²) in [6, 6.07) is 4.08. The Hall–Kier alpha value is -1.62. The van der Waals surface area contributed by atoms with Crippen LogP contribution in [0.4, 0.5) is 0 Å². The number of thiophene rings is 1. The molecular formula is C15H20N2O2S. The molecular weight excluding hydrogens is 272 g/mol. The van der Waals surface area contributed by atoms with Crippen LogP contribution in [0.25, 0.3) is 0 Å². The zero-order valence-corrected chi connectivity index (χ0v) is 13.0. The first-order valence-corrected chi connectivity index (χ1v) is 7.71. The first-order valence-electron chi connectivity index (χ1n) is 6.83. The first-order chi connectivity index (χ1) is 9.61. The van der Waals surface area contributed by atoms with E-state index in [0.29, 0.717) is 19.4 Å². The topological polar surface area (TPSA) is 46.3 Å². The van der Waals surface area contributed by atoms with Crippen molar-refractivity contribution in [2.75, 3.05) is 6.54 Å². The zero-order chi connectivity index (χ0) is 14.5. The summed E-state index contributed by atoms with van der Waals surface area (Å²) in [7, 11) is 0. The Morgan fingerprint density at radius 1 is 1.45 bits per heavy atom.